The van der Waals surface area contributed by atoms with Crippen molar-refractivity contribution in [3.05, 3.63) is 28.0 Å². The van der Waals surface area contributed by atoms with Crippen molar-refractivity contribution in [1.82, 2.24) is 14.8 Å². The van der Waals surface area contributed by atoms with Crippen LogP contribution in [-0.2, 0) is 34.4 Å². The topological polar surface area (TPSA) is 77.3 Å². The number of carbonyl (C=O) groups is 2. The van der Waals surface area contributed by atoms with Crippen LogP contribution in [0.4, 0.5) is 5.13 Å². The first-order valence-corrected chi connectivity index (χ1v) is 9.08. The number of aryl methyl sites for hydroxylation is 2. The van der Waals surface area contributed by atoms with Crippen molar-refractivity contribution in [2.45, 2.75) is 47.1 Å². The van der Waals surface area contributed by atoms with Crippen LogP contribution in [0.1, 0.15) is 42.9 Å². The fourth-order valence-corrected chi connectivity index (χ4v) is 3.53. The molecule has 2 aromatic heterocycles. The van der Waals surface area contributed by atoms with Gasteiger partial charge in [-0.05, 0) is 32.8 Å². The number of anilines is 1. The fourth-order valence-electron chi connectivity index (χ4n) is 2.61. The standard InChI is InChI=1S/C17H24N4O3S/c1-6-21(13(4)22)17-18-14(10-25-17)9-24-16(23)8-7-15-11(2)19-20(5)12(15)3/h10H,6-9H2,1-5H3. The highest BCUT2D eigenvalue weighted by atomic mass is 32.1. The van der Waals surface area contributed by atoms with Crippen LogP contribution in [-0.4, -0.2) is 33.2 Å². The van der Waals surface area contributed by atoms with Crippen molar-refractivity contribution in [2.75, 3.05) is 11.4 Å². The summed E-state index contributed by atoms with van der Waals surface area (Å²) in [6, 6.07) is 0. The molecule has 25 heavy (non-hydrogen) atoms. The van der Waals surface area contributed by atoms with E-state index < -0.39 is 0 Å². The van der Waals surface area contributed by atoms with Gasteiger partial charge in [0.1, 0.15) is 6.61 Å². The van der Waals surface area contributed by atoms with Gasteiger partial charge in [0, 0.05) is 38.0 Å². The molecule has 0 aliphatic rings. The first kappa shape index (κ1) is 19.1. The van der Waals surface area contributed by atoms with Crippen molar-refractivity contribution in [2.24, 2.45) is 7.05 Å². The maximum Gasteiger partial charge on any atom is 0.306 e. The highest BCUT2D eigenvalue weighted by Gasteiger charge is 2.15. The second kappa shape index (κ2) is 8.24. The summed E-state index contributed by atoms with van der Waals surface area (Å²) in [7, 11) is 1.89. The van der Waals surface area contributed by atoms with E-state index in [2.05, 4.69) is 10.1 Å². The van der Waals surface area contributed by atoms with Crippen LogP contribution in [0.3, 0.4) is 0 Å². The molecule has 0 fully saturated rings. The highest BCUT2D eigenvalue weighted by Crippen LogP contribution is 2.21. The summed E-state index contributed by atoms with van der Waals surface area (Å²) >= 11 is 1.37. The molecule has 0 saturated heterocycles. The van der Waals surface area contributed by atoms with E-state index in [1.807, 2.05) is 37.9 Å². The largest absolute Gasteiger partial charge is 0.459 e. The Morgan fingerprint density at radius 1 is 1.36 bits per heavy atom. The molecule has 0 aromatic carbocycles. The maximum atomic E-state index is 12.0. The second-order valence-electron chi connectivity index (χ2n) is 5.82. The number of hydrogen-bond donors (Lipinski definition) is 0. The Balaban J connectivity index is 1.86. The number of rotatable bonds is 7. The van der Waals surface area contributed by atoms with E-state index in [-0.39, 0.29) is 18.5 Å². The van der Waals surface area contributed by atoms with Crippen molar-refractivity contribution >= 4 is 28.3 Å². The van der Waals surface area contributed by atoms with Gasteiger partial charge in [0.2, 0.25) is 5.91 Å². The molecule has 0 atom stereocenters. The summed E-state index contributed by atoms with van der Waals surface area (Å²) in [6.07, 6.45) is 0.916. The van der Waals surface area contributed by atoms with Gasteiger partial charge in [-0.15, -0.1) is 11.3 Å². The summed E-state index contributed by atoms with van der Waals surface area (Å²) in [5, 5.41) is 6.78. The molecule has 7 nitrogen and oxygen atoms in total. The minimum absolute atomic E-state index is 0.0531. The zero-order valence-electron chi connectivity index (χ0n) is 15.3. The summed E-state index contributed by atoms with van der Waals surface area (Å²) in [5.74, 6) is -0.321. The van der Waals surface area contributed by atoms with Crippen molar-refractivity contribution in [3.8, 4) is 0 Å². The van der Waals surface area contributed by atoms with Crippen molar-refractivity contribution < 1.29 is 14.3 Å². The van der Waals surface area contributed by atoms with Crippen LogP contribution in [0.25, 0.3) is 0 Å². The van der Waals surface area contributed by atoms with Gasteiger partial charge >= 0.3 is 5.97 Å². The average molecular weight is 364 g/mol. The minimum atomic E-state index is -0.267. The van der Waals surface area contributed by atoms with Gasteiger partial charge < -0.3 is 4.74 Å². The lowest BCUT2D eigenvalue weighted by molar-refractivity contribution is -0.145. The number of aromatic nitrogens is 3. The van der Waals surface area contributed by atoms with E-state index >= 15 is 0 Å². The van der Waals surface area contributed by atoms with Crippen LogP contribution in [0, 0.1) is 13.8 Å². The summed E-state index contributed by atoms with van der Waals surface area (Å²) in [5.41, 5.74) is 3.76. The number of ether oxygens (including phenoxy) is 1. The molecule has 0 bridgehead atoms. The Morgan fingerprint density at radius 3 is 2.64 bits per heavy atom. The minimum Gasteiger partial charge on any atom is -0.459 e. The van der Waals surface area contributed by atoms with E-state index in [4.69, 9.17) is 4.74 Å². The lowest BCUT2D eigenvalue weighted by Gasteiger charge is -2.14. The summed E-state index contributed by atoms with van der Waals surface area (Å²) < 4.78 is 7.12. The van der Waals surface area contributed by atoms with E-state index in [1.165, 1.54) is 18.3 Å². The Morgan fingerprint density at radius 2 is 2.08 bits per heavy atom. The number of thiazole rings is 1. The van der Waals surface area contributed by atoms with E-state index in [9.17, 15) is 9.59 Å². The van der Waals surface area contributed by atoms with Crippen LogP contribution >= 0.6 is 11.3 Å². The monoisotopic (exact) mass is 364 g/mol. The molecule has 1 amide bonds. The Hall–Kier alpha value is -2.22. The first-order chi connectivity index (χ1) is 11.8. The molecule has 2 heterocycles. The SMILES string of the molecule is CCN(C(C)=O)c1nc(COC(=O)CCc2c(C)nn(C)c2C)cs1. The van der Waals surface area contributed by atoms with Crippen LogP contribution < -0.4 is 4.90 Å². The maximum absolute atomic E-state index is 12.0. The molecule has 2 aromatic rings. The molecule has 0 spiro atoms. The molecule has 0 unspecified atom stereocenters. The summed E-state index contributed by atoms with van der Waals surface area (Å²) in [6.45, 7) is 8.02. The molecule has 0 saturated carbocycles. The third kappa shape index (κ3) is 4.66. The predicted octanol–water partition coefficient (Wildman–Crippen LogP) is 2.54. The highest BCUT2D eigenvalue weighted by molar-refractivity contribution is 7.14. The third-order valence-corrected chi connectivity index (χ3v) is 5.00. The van der Waals surface area contributed by atoms with Gasteiger partial charge in [0.15, 0.2) is 5.13 Å². The fraction of sp³-hybridized carbons (Fsp3) is 0.529. The van der Waals surface area contributed by atoms with Crippen molar-refractivity contribution in [1.29, 1.82) is 0 Å². The van der Waals surface area contributed by atoms with Gasteiger partial charge in [-0.2, -0.15) is 5.10 Å². The number of carbonyl (C=O) groups excluding carboxylic acids is 2. The molecule has 0 radical (unpaired) electrons. The van der Waals surface area contributed by atoms with Gasteiger partial charge in [0.25, 0.3) is 0 Å². The average Bonchev–Trinajstić information content (AvgIpc) is 3.10. The third-order valence-electron chi connectivity index (χ3n) is 4.09. The zero-order chi connectivity index (χ0) is 18.6. The predicted molar refractivity (Wildman–Crippen MR) is 96.6 cm³/mol. The molecule has 0 N–H and O–H groups in total. The second-order valence-corrected chi connectivity index (χ2v) is 6.65. The Bertz CT molecular complexity index is 766. The number of amides is 1. The van der Waals surface area contributed by atoms with Crippen molar-refractivity contribution in [3.63, 3.8) is 0 Å². The molecular weight excluding hydrogens is 340 g/mol. The first-order valence-electron chi connectivity index (χ1n) is 8.20. The molecule has 0 aliphatic carbocycles. The summed E-state index contributed by atoms with van der Waals surface area (Å²) in [4.78, 5) is 29.5. The van der Waals surface area contributed by atoms with Gasteiger partial charge in [-0.3, -0.25) is 19.2 Å². The van der Waals surface area contributed by atoms with E-state index in [1.54, 1.807) is 4.90 Å². The lowest BCUT2D eigenvalue weighted by Crippen LogP contribution is -2.27. The molecule has 136 valence electrons. The molecule has 8 heteroatoms. The van der Waals surface area contributed by atoms with E-state index in [0.717, 1.165) is 17.0 Å². The van der Waals surface area contributed by atoms with Crippen LogP contribution in [0.15, 0.2) is 5.38 Å². The normalized spacial score (nSPS) is 10.8. The Labute approximate surface area is 151 Å². The van der Waals surface area contributed by atoms with E-state index in [0.29, 0.717) is 30.2 Å². The van der Waals surface area contributed by atoms with Gasteiger partial charge in [-0.25, -0.2) is 4.98 Å². The lowest BCUT2D eigenvalue weighted by atomic mass is 10.1. The number of esters is 1. The number of nitrogens with zero attached hydrogens (tertiary/aromatic N) is 4. The van der Waals surface area contributed by atoms with Gasteiger partial charge in [-0.1, -0.05) is 0 Å². The number of hydrogen-bond acceptors (Lipinski definition) is 6. The smallest absolute Gasteiger partial charge is 0.306 e. The molecule has 2 rings (SSSR count). The molecule has 0 aliphatic heterocycles. The van der Waals surface area contributed by atoms with Crippen LogP contribution in [0.5, 0.6) is 0 Å². The Kier molecular flexibility index (Phi) is 6.30. The zero-order valence-corrected chi connectivity index (χ0v) is 16.1. The van der Waals surface area contributed by atoms with Gasteiger partial charge in [0.05, 0.1) is 11.4 Å². The quantitative estimate of drug-likeness (QED) is 0.706. The molecular formula is C17H24N4O3S. The van der Waals surface area contributed by atoms with Crippen LogP contribution in [0.2, 0.25) is 0 Å².